The van der Waals surface area contributed by atoms with Crippen molar-refractivity contribution in [1.29, 1.82) is 0 Å². The molecule has 3 rings (SSSR count). The van der Waals surface area contributed by atoms with Gasteiger partial charge < -0.3 is 10.2 Å². The van der Waals surface area contributed by atoms with Gasteiger partial charge in [-0.1, -0.05) is 24.3 Å². The van der Waals surface area contributed by atoms with Crippen LogP contribution in [0.3, 0.4) is 0 Å². The average Bonchev–Trinajstić information content (AvgIpc) is 3.38. The summed E-state index contributed by atoms with van der Waals surface area (Å²) in [6, 6.07) is 6.77. The molecule has 22 heavy (non-hydrogen) atoms. The van der Waals surface area contributed by atoms with Crippen molar-refractivity contribution in [2.24, 2.45) is 5.92 Å². The highest BCUT2D eigenvalue weighted by Gasteiger charge is 2.32. The van der Waals surface area contributed by atoms with Crippen LogP contribution in [0.25, 0.3) is 0 Å². The van der Waals surface area contributed by atoms with Crippen molar-refractivity contribution in [2.45, 2.75) is 44.7 Å². The van der Waals surface area contributed by atoms with Gasteiger partial charge in [0.05, 0.1) is 0 Å². The maximum Gasteiger partial charge on any atom is 0.317 e. The lowest BCUT2D eigenvalue weighted by Gasteiger charge is -2.25. The summed E-state index contributed by atoms with van der Waals surface area (Å²) in [5, 5.41) is 3.08. The molecule has 4 heteroatoms. The number of hydrogen-bond donors (Lipinski definition) is 1. The third-order valence-corrected chi connectivity index (χ3v) is 4.43. The molecule has 0 aliphatic heterocycles. The van der Waals surface area contributed by atoms with Crippen LogP contribution in [-0.4, -0.2) is 23.5 Å². The Morgan fingerprint density at radius 1 is 1.18 bits per heavy atom. The van der Waals surface area contributed by atoms with Crippen LogP contribution in [0.4, 0.5) is 9.18 Å². The van der Waals surface area contributed by atoms with E-state index in [0.717, 1.165) is 44.2 Å². The van der Waals surface area contributed by atoms with Gasteiger partial charge in [-0.3, -0.25) is 0 Å². The fourth-order valence-electron chi connectivity index (χ4n) is 2.91. The second kappa shape index (κ2) is 6.95. The summed E-state index contributed by atoms with van der Waals surface area (Å²) in [6.07, 6.45) is 9.88. The lowest BCUT2D eigenvalue weighted by atomic mass is 9.94. The highest BCUT2D eigenvalue weighted by Crippen LogP contribution is 2.28. The standard InChI is InChI=1S/C18H23FN2O/c19-16-8-6-15(7-9-16)13-21(17-10-11-17)18(22)20-12-14-4-2-1-3-5-14/h1-2,6-9,14,17H,3-5,10-13H2,(H,20,22). The number of nitrogens with one attached hydrogen (secondary N) is 1. The quantitative estimate of drug-likeness (QED) is 0.823. The fraction of sp³-hybridized carbons (Fsp3) is 0.500. The number of hydrogen-bond acceptors (Lipinski definition) is 1. The van der Waals surface area contributed by atoms with Gasteiger partial charge in [-0.2, -0.15) is 0 Å². The molecule has 0 bridgehead atoms. The van der Waals surface area contributed by atoms with Gasteiger partial charge in [0, 0.05) is 19.1 Å². The predicted octanol–water partition coefficient (Wildman–Crippen LogP) is 3.86. The lowest BCUT2D eigenvalue weighted by Crippen LogP contribution is -2.42. The molecule has 0 spiro atoms. The van der Waals surface area contributed by atoms with Gasteiger partial charge in [-0.05, 0) is 55.7 Å². The number of carbonyl (C=O) groups is 1. The Balaban J connectivity index is 1.54. The molecular weight excluding hydrogens is 279 g/mol. The summed E-state index contributed by atoms with van der Waals surface area (Å²) in [6.45, 7) is 1.30. The fourth-order valence-corrected chi connectivity index (χ4v) is 2.91. The van der Waals surface area contributed by atoms with Gasteiger partial charge in [0.25, 0.3) is 0 Å². The number of allylic oxidation sites excluding steroid dienone is 2. The average molecular weight is 302 g/mol. The topological polar surface area (TPSA) is 32.3 Å². The van der Waals surface area contributed by atoms with E-state index in [1.165, 1.54) is 12.1 Å². The minimum atomic E-state index is -0.239. The van der Waals surface area contributed by atoms with Crippen molar-refractivity contribution < 1.29 is 9.18 Å². The summed E-state index contributed by atoms with van der Waals surface area (Å²) in [4.78, 5) is 14.4. The molecular formula is C18H23FN2O. The van der Waals surface area contributed by atoms with E-state index in [0.29, 0.717) is 18.5 Å². The van der Waals surface area contributed by atoms with Crippen molar-refractivity contribution in [2.75, 3.05) is 6.54 Å². The van der Waals surface area contributed by atoms with E-state index in [1.807, 2.05) is 4.90 Å². The minimum Gasteiger partial charge on any atom is -0.338 e. The molecule has 2 aliphatic rings. The van der Waals surface area contributed by atoms with Crippen LogP contribution in [0.5, 0.6) is 0 Å². The number of nitrogens with zero attached hydrogens (tertiary/aromatic N) is 1. The SMILES string of the molecule is O=C(NCC1CC=CCC1)N(Cc1ccc(F)cc1)C1CC1. The number of benzene rings is 1. The van der Waals surface area contributed by atoms with Crippen molar-refractivity contribution in [3.8, 4) is 0 Å². The van der Waals surface area contributed by atoms with Gasteiger partial charge in [-0.25, -0.2) is 9.18 Å². The molecule has 2 amide bonds. The zero-order valence-electron chi connectivity index (χ0n) is 12.8. The molecule has 1 unspecified atom stereocenters. The molecule has 118 valence electrons. The summed E-state index contributed by atoms with van der Waals surface area (Å²) in [7, 11) is 0. The Bertz CT molecular complexity index is 537. The van der Waals surface area contributed by atoms with E-state index in [1.54, 1.807) is 12.1 Å². The zero-order chi connectivity index (χ0) is 15.4. The number of amides is 2. The monoisotopic (exact) mass is 302 g/mol. The first-order valence-corrected chi connectivity index (χ1v) is 8.16. The Morgan fingerprint density at radius 3 is 2.59 bits per heavy atom. The van der Waals surface area contributed by atoms with E-state index in [9.17, 15) is 9.18 Å². The zero-order valence-corrected chi connectivity index (χ0v) is 12.8. The Hall–Kier alpha value is -1.84. The van der Waals surface area contributed by atoms with Gasteiger partial charge in [0.1, 0.15) is 5.82 Å². The van der Waals surface area contributed by atoms with Crippen LogP contribution in [0.1, 0.15) is 37.7 Å². The second-order valence-electron chi connectivity index (χ2n) is 6.32. The Morgan fingerprint density at radius 2 is 1.95 bits per heavy atom. The van der Waals surface area contributed by atoms with Crippen LogP contribution in [0.15, 0.2) is 36.4 Å². The first kappa shape index (κ1) is 15.1. The third kappa shape index (κ3) is 4.09. The van der Waals surface area contributed by atoms with Crippen molar-refractivity contribution in [3.63, 3.8) is 0 Å². The molecule has 1 aromatic rings. The Labute approximate surface area is 131 Å². The molecule has 0 heterocycles. The molecule has 0 aromatic heterocycles. The van der Waals surface area contributed by atoms with Crippen LogP contribution >= 0.6 is 0 Å². The Kier molecular flexibility index (Phi) is 4.76. The lowest BCUT2D eigenvalue weighted by molar-refractivity contribution is 0.189. The maximum absolute atomic E-state index is 13.0. The van der Waals surface area contributed by atoms with Crippen molar-refractivity contribution in [1.82, 2.24) is 10.2 Å². The van der Waals surface area contributed by atoms with Gasteiger partial charge in [0.2, 0.25) is 0 Å². The number of urea groups is 1. The van der Waals surface area contributed by atoms with E-state index < -0.39 is 0 Å². The molecule has 1 aromatic carbocycles. The largest absolute Gasteiger partial charge is 0.338 e. The van der Waals surface area contributed by atoms with E-state index in [2.05, 4.69) is 17.5 Å². The second-order valence-corrected chi connectivity index (χ2v) is 6.32. The highest BCUT2D eigenvalue weighted by atomic mass is 19.1. The molecule has 1 fully saturated rings. The van der Waals surface area contributed by atoms with Crippen LogP contribution in [0.2, 0.25) is 0 Å². The first-order chi connectivity index (χ1) is 10.7. The molecule has 0 radical (unpaired) electrons. The van der Waals surface area contributed by atoms with E-state index in [4.69, 9.17) is 0 Å². The first-order valence-electron chi connectivity index (χ1n) is 8.16. The smallest absolute Gasteiger partial charge is 0.317 e. The summed E-state index contributed by atoms with van der Waals surface area (Å²) >= 11 is 0. The van der Waals surface area contributed by atoms with Crippen LogP contribution in [-0.2, 0) is 6.54 Å². The normalized spacial score (nSPS) is 20.7. The highest BCUT2D eigenvalue weighted by molar-refractivity contribution is 5.75. The molecule has 1 atom stereocenters. The third-order valence-electron chi connectivity index (χ3n) is 4.43. The minimum absolute atomic E-state index is 0.0152. The number of rotatable bonds is 5. The molecule has 1 saturated carbocycles. The van der Waals surface area contributed by atoms with E-state index >= 15 is 0 Å². The molecule has 2 aliphatic carbocycles. The van der Waals surface area contributed by atoms with Gasteiger partial charge in [0.15, 0.2) is 0 Å². The van der Waals surface area contributed by atoms with Gasteiger partial charge in [-0.15, -0.1) is 0 Å². The van der Waals surface area contributed by atoms with Crippen LogP contribution in [0, 0.1) is 11.7 Å². The maximum atomic E-state index is 13.0. The number of halogens is 1. The number of carbonyl (C=O) groups excluding carboxylic acids is 1. The molecule has 3 nitrogen and oxygen atoms in total. The van der Waals surface area contributed by atoms with Gasteiger partial charge >= 0.3 is 6.03 Å². The summed E-state index contributed by atoms with van der Waals surface area (Å²) < 4.78 is 13.0. The molecule has 1 N–H and O–H groups in total. The van der Waals surface area contributed by atoms with E-state index in [-0.39, 0.29) is 11.8 Å². The van der Waals surface area contributed by atoms with Crippen molar-refractivity contribution >= 4 is 6.03 Å². The van der Waals surface area contributed by atoms with Crippen LogP contribution < -0.4 is 5.32 Å². The molecule has 0 saturated heterocycles. The van der Waals surface area contributed by atoms with Crippen molar-refractivity contribution in [3.05, 3.63) is 47.8 Å². The predicted molar refractivity (Wildman–Crippen MR) is 84.8 cm³/mol. The summed E-state index contributed by atoms with van der Waals surface area (Å²) in [5.41, 5.74) is 0.976. The summed E-state index contributed by atoms with van der Waals surface area (Å²) in [5.74, 6) is 0.317.